The maximum atomic E-state index is 13.0. The quantitative estimate of drug-likeness (QED) is 0.785. The minimum Gasteiger partial charge on any atom is -0.310 e. The summed E-state index contributed by atoms with van der Waals surface area (Å²) in [5.74, 6) is -0.195. The summed E-state index contributed by atoms with van der Waals surface area (Å²) in [5, 5.41) is 4.35. The average molecular weight is 306 g/mol. The van der Waals surface area contributed by atoms with Crippen LogP contribution in [0.5, 0.6) is 0 Å². The van der Waals surface area contributed by atoms with Gasteiger partial charge in [-0.1, -0.05) is 42.8 Å². The molecule has 1 N–H and O–H groups in total. The molecule has 2 rings (SSSR count). The molecule has 0 bridgehead atoms. The van der Waals surface area contributed by atoms with E-state index in [9.17, 15) is 4.39 Å². The molecule has 3 heteroatoms. The molecule has 21 heavy (non-hydrogen) atoms. The van der Waals surface area contributed by atoms with Crippen LogP contribution in [-0.4, -0.2) is 6.54 Å². The first-order valence-corrected chi connectivity index (χ1v) is 7.72. The van der Waals surface area contributed by atoms with E-state index in [-0.39, 0.29) is 11.9 Å². The van der Waals surface area contributed by atoms with E-state index >= 15 is 0 Å². The highest BCUT2D eigenvalue weighted by molar-refractivity contribution is 6.31. The molecule has 0 aromatic heterocycles. The van der Waals surface area contributed by atoms with Gasteiger partial charge in [0.05, 0.1) is 0 Å². The largest absolute Gasteiger partial charge is 0.310 e. The van der Waals surface area contributed by atoms with Gasteiger partial charge in [-0.15, -0.1) is 0 Å². The molecular weight excluding hydrogens is 285 g/mol. The molecule has 1 atom stereocenters. The number of nitrogens with one attached hydrogen (secondary N) is 1. The van der Waals surface area contributed by atoms with Crippen molar-refractivity contribution in [3.8, 4) is 0 Å². The van der Waals surface area contributed by atoms with E-state index < -0.39 is 0 Å². The average Bonchev–Trinajstić information content (AvgIpc) is 2.48. The lowest BCUT2D eigenvalue weighted by atomic mass is 9.97. The Morgan fingerprint density at radius 2 is 1.86 bits per heavy atom. The maximum absolute atomic E-state index is 13.0. The first kappa shape index (κ1) is 16.0. The van der Waals surface area contributed by atoms with E-state index in [1.54, 1.807) is 0 Å². The molecule has 0 saturated heterocycles. The van der Waals surface area contributed by atoms with Gasteiger partial charge < -0.3 is 5.32 Å². The smallest absolute Gasteiger partial charge is 0.123 e. The summed E-state index contributed by atoms with van der Waals surface area (Å²) in [4.78, 5) is 0. The zero-order valence-electron chi connectivity index (χ0n) is 12.5. The minimum atomic E-state index is -0.195. The Balaban J connectivity index is 2.20. The lowest BCUT2D eigenvalue weighted by molar-refractivity contribution is 0.528. The van der Waals surface area contributed by atoms with E-state index in [1.165, 1.54) is 17.7 Å². The van der Waals surface area contributed by atoms with Crippen LogP contribution in [0.1, 0.15) is 36.1 Å². The van der Waals surface area contributed by atoms with Crippen LogP contribution >= 0.6 is 11.6 Å². The lowest BCUT2D eigenvalue weighted by Crippen LogP contribution is -2.24. The van der Waals surface area contributed by atoms with Gasteiger partial charge in [-0.05, 0) is 61.2 Å². The highest BCUT2D eigenvalue weighted by atomic mass is 35.5. The summed E-state index contributed by atoms with van der Waals surface area (Å²) < 4.78 is 13.0. The number of rotatable bonds is 6. The number of hydrogen-bond donors (Lipinski definition) is 1. The molecule has 0 aliphatic heterocycles. The Morgan fingerprint density at radius 3 is 2.48 bits per heavy atom. The van der Waals surface area contributed by atoms with E-state index in [1.807, 2.05) is 25.1 Å². The Morgan fingerprint density at radius 1 is 1.14 bits per heavy atom. The van der Waals surface area contributed by atoms with Gasteiger partial charge in [-0.25, -0.2) is 4.39 Å². The molecule has 2 aromatic carbocycles. The van der Waals surface area contributed by atoms with Gasteiger partial charge >= 0.3 is 0 Å². The summed E-state index contributed by atoms with van der Waals surface area (Å²) in [6, 6.07) is 13.1. The molecule has 1 nitrogen and oxygen atoms in total. The van der Waals surface area contributed by atoms with Crippen LogP contribution in [0, 0.1) is 12.7 Å². The summed E-state index contributed by atoms with van der Waals surface area (Å²) in [6.45, 7) is 5.11. The second kappa shape index (κ2) is 7.58. The summed E-state index contributed by atoms with van der Waals surface area (Å²) >= 11 is 6.11. The Kier molecular flexibility index (Phi) is 5.77. The second-order valence-electron chi connectivity index (χ2n) is 5.35. The fourth-order valence-electron chi connectivity index (χ4n) is 2.37. The van der Waals surface area contributed by atoms with Crippen molar-refractivity contribution in [2.75, 3.05) is 6.54 Å². The third-order valence-corrected chi connectivity index (χ3v) is 4.00. The molecule has 0 amide bonds. The maximum Gasteiger partial charge on any atom is 0.123 e. The van der Waals surface area contributed by atoms with Crippen molar-refractivity contribution in [1.29, 1.82) is 0 Å². The van der Waals surface area contributed by atoms with Crippen molar-refractivity contribution in [2.45, 2.75) is 32.7 Å². The molecule has 0 spiro atoms. The van der Waals surface area contributed by atoms with Gasteiger partial charge in [-0.3, -0.25) is 0 Å². The number of halogens is 2. The standard InChI is InChI=1S/C18H21ClFN/c1-3-10-21-18(12-14-4-7-16(20)8-5-14)15-6-9-17(19)13(2)11-15/h4-9,11,18,21H,3,10,12H2,1-2H3. The fraction of sp³-hybridized carbons (Fsp3) is 0.333. The Hall–Kier alpha value is -1.38. The van der Waals surface area contributed by atoms with Crippen molar-refractivity contribution in [3.63, 3.8) is 0 Å². The number of benzene rings is 2. The molecule has 1 unspecified atom stereocenters. The third kappa shape index (κ3) is 4.55. The van der Waals surface area contributed by atoms with Crippen molar-refractivity contribution in [1.82, 2.24) is 5.32 Å². The molecular formula is C18H21ClFN. The van der Waals surface area contributed by atoms with Gasteiger partial charge in [0.25, 0.3) is 0 Å². The van der Waals surface area contributed by atoms with Crippen LogP contribution < -0.4 is 5.32 Å². The lowest BCUT2D eigenvalue weighted by Gasteiger charge is -2.20. The predicted molar refractivity (Wildman–Crippen MR) is 87.3 cm³/mol. The predicted octanol–water partition coefficient (Wildman–Crippen LogP) is 5.07. The van der Waals surface area contributed by atoms with Crippen molar-refractivity contribution in [2.24, 2.45) is 0 Å². The molecule has 112 valence electrons. The minimum absolute atomic E-state index is 0.195. The van der Waals surface area contributed by atoms with E-state index in [0.717, 1.165) is 35.5 Å². The highest BCUT2D eigenvalue weighted by Gasteiger charge is 2.12. The van der Waals surface area contributed by atoms with Crippen LogP contribution in [0.25, 0.3) is 0 Å². The third-order valence-electron chi connectivity index (χ3n) is 3.58. The van der Waals surface area contributed by atoms with Crippen molar-refractivity contribution < 1.29 is 4.39 Å². The van der Waals surface area contributed by atoms with Crippen molar-refractivity contribution in [3.05, 3.63) is 70.0 Å². The van der Waals surface area contributed by atoms with Crippen LogP contribution in [0.15, 0.2) is 42.5 Å². The van der Waals surface area contributed by atoms with Gasteiger partial charge in [0, 0.05) is 11.1 Å². The zero-order valence-corrected chi connectivity index (χ0v) is 13.3. The topological polar surface area (TPSA) is 12.0 Å². The van der Waals surface area contributed by atoms with Gasteiger partial charge in [0.1, 0.15) is 5.82 Å². The molecule has 0 aliphatic carbocycles. The molecule has 0 fully saturated rings. The second-order valence-corrected chi connectivity index (χ2v) is 5.75. The van der Waals surface area contributed by atoms with Gasteiger partial charge in [-0.2, -0.15) is 0 Å². The SMILES string of the molecule is CCCNC(Cc1ccc(F)cc1)c1ccc(Cl)c(C)c1. The van der Waals surface area contributed by atoms with Crippen LogP contribution in [0.3, 0.4) is 0 Å². The van der Waals surface area contributed by atoms with Crippen LogP contribution in [-0.2, 0) is 6.42 Å². The monoisotopic (exact) mass is 305 g/mol. The molecule has 0 heterocycles. The fourth-order valence-corrected chi connectivity index (χ4v) is 2.48. The summed E-state index contributed by atoms with van der Waals surface area (Å²) in [6.07, 6.45) is 1.91. The van der Waals surface area contributed by atoms with Crippen molar-refractivity contribution >= 4 is 11.6 Å². The van der Waals surface area contributed by atoms with Gasteiger partial charge in [0.15, 0.2) is 0 Å². The van der Waals surface area contributed by atoms with E-state index in [4.69, 9.17) is 11.6 Å². The molecule has 0 aliphatic rings. The summed E-state index contributed by atoms with van der Waals surface area (Å²) in [7, 11) is 0. The first-order valence-electron chi connectivity index (χ1n) is 7.34. The number of aryl methyl sites for hydroxylation is 1. The summed E-state index contributed by atoms with van der Waals surface area (Å²) in [5.41, 5.74) is 3.42. The zero-order chi connectivity index (χ0) is 15.2. The van der Waals surface area contributed by atoms with Gasteiger partial charge in [0.2, 0.25) is 0 Å². The molecule has 0 radical (unpaired) electrons. The van der Waals surface area contributed by atoms with E-state index in [0.29, 0.717) is 0 Å². The van der Waals surface area contributed by atoms with Crippen LogP contribution in [0.2, 0.25) is 5.02 Å². The Labute approximate surface area is 131 Å². The number of hydrogen-bond acceptors (Lipinski definition) is 1. The molecule has 0 saturated carbocycles. The highest BCUT2D eigenvalue weighted by Crippen LogP contribution is 2.23. The Bertz CT molecular complexity index is 580. The molecule has 2 aromatic rings. The van der Waals surface area contributed by atoms with E-state index in [2.05, 4.69) is 24.4 Å². The van der Waals surface area contributed by atoms with Crippen LogP contribution in [0.4, 0.5) is 4.39 Å². The normalized spacial score (nSPS) is 12.4. The first-order chi connectivity index (χ1) is 10.1.